The molecule has 1 aliphatic rings. The van der Waals surface area contributed by atoms with Gasteiger partial charge in [0, 0.05) is 19.1 Å². The maximum atomic E-state index is 12.3. The second-order valence-corrected chi connectivity index (χ2v) is 5.64. The van der Waals surface area contributed by atoms with E-state index in [0.717, 1.165) is 24.8 Å². The van der Waals surface area contributed by atoms with Gasteiger partial charge >= 0.3 is 0 Å². The van der Waals surface area contributed by atoms with E-state index in [4.69, 9.17) is 4.74 Å². The molecule has 1 saturated carbocycles. The second-order valence-electron chi connectivity index (χ2n) is 5.64. The highest BCUT2D eigenvalue weighted by molar-refractivity contribution is 5.96. The molecule has 0 amide bonds. The molecule has 2 rings (SSSR count). The Bertz CT molecular complexity index is 410. The van der Waals surface area contributed by atoms with Crippen molar-refractivity contribution in [2.45, 2.75) is 57.5 Å². The molecule has 0 atom stereocenters. The first kappa shape index (κ1) is 14.3. The fourth-order valence-electron chi connectivity index (χ4n) is 2.66. The molecule has 0 spiro atoms. The van der Waals surface area contributed by atoms with Gasteiger partial charge in [-0.25, -0.2) is 0 Å². The summed E-state index contributed by atoms with van der Waals surface area (Å²) in [5.74, 6) is 0.212. The van der Waals surface area contributed by atoms with Crippen LogP contribution >= 0.6 is 0 Å². The van der Waals surface area contributed by atoms with Crippen molar-refractivity contribution in [2.75, 3.05) is 7.11 Å². The van der Waals surface area contributed by atoms with E-state index >= 15 is 0 Å². The minimum atomic E-state index is -0.169. The van der Waals surface area contributed by atoms with Crippen molar-refractivity contribution in [1.82, 2.24) is 0 Å². The van der Waals surface area contributed by atoms with Crippen molar-refractivity contribution in [3.8, 4) is 0 Å². The summed E-state index contributed by atoms with van der Waals surface area (Å²) in [6.07, 6.45) is 7.26. The van der Waals surface area contributed by atoms with Crippen LogP contribution in [0.15, 0.2) is 24.3 Å². The molecule has 104 valence electrons. The summed E-state index contributed by atoms with van der Waals surface area (Å²) in [5.41, 5.74) is 1.98. The van der Waals surface area contributed by atoms with E-state index in [1.54, 1.807) is 7.11 Å². The molecule has 1 aliphatic carbocycles. The minimum Gasteiger partial charge on any atom is -0.378 e. The highest BCUT2D eigenvalue weighted by atomic mass is 16.5. The third-order valence-corrected chi connectivity index (χ3v) is 4.28. The fraction of sp³-hybridized carbons (Fsp3) is 0.588. The summed E-state index contributed by atoms with van der Waals surface area (Å²) >= 11 is 0. The number of ether oxygens (including phenoxy) is 1. The number of ketones is 1. The largest absolute Gasteiger partial charge is 0.378 e. The van der Waals surface area contributed by atoms with Crippen LogP contribution in [-0.4, -0.2) is 18.5 Å². The van der Waals surface area contributed by atoms with E-state index in [1.165, 1.54) is 24.8 Å². The van der Waals surface area contributed by atoms with Crippen LogP contribution in [0.4, 0.5) is 0 Å². The molecule has 2 nitrogen and oxygen atoms in total. The zero-order chi connectivity index (χ0) is 13.7. The standard InChI is InChI=1S/C17H24O2/c1-3-4-6-14-7-9-15(10-8-14)16(18)13-17(19-2)11-5-12-17/h7-10H,3-6,11-13H2,1-2H3. The van der Waals surface area contributed by atoms with Crippen LogP contribution in [0, 0.1) is 0 Å². The second kappa shape index (κ2) is 6.33. The first-order valence-corrected chi connectivity index (χ1v) is 7.36. The van der Waals surface area contributed by atoms with Crippen molar-refractivity contribution in [3.63, 3.8) is 0 Å². The van der Waals surface area contributed by atoms with Crippen LogP contribution in [0.3, 0.4) is 0 Å². The number of unbranched alkanes of at least 4 members (excludes halogenated alkanes) is 1. The van der Waals surface area contributed by atoms with Gasteiger partial charge in [-0.1, -0.05) is 37.6 Å². The molecule has 0 bridgehead atoms. The topological polar surface area (TPSA) is 26.3 Å². The van der Waals surface area contributed by atoms with Gasteiger partial charge in [0.15, 0.2) is 5.78 Å². The van der Waals surface area contributed by atoms with Gasteiger partial charge in [0.1, 0.15) is 0 Å². The normalized spacial score (nSPS) is 16.9. The molecule has 0 heterocycles. The number of Topliss-reactive ketones (excluding diaryl/α,β-unsaturated/α-hetero) is 1. The zero-order valence-electron chi connectivity index (χ0n) is 12.1. The van der Waals surface area contributed by atoms with E-state index in [1.807, 2.05) is 12.1 Å². The van der Waals surface area contributed by atoms with Crippen LogP contribution in [0.1, 0.15) is 61.4 Å². The SMILES string of the molecule is CCCCc1ccc(C(=O)CC2(OC)CCC2)cc1. The lowest BCUT2D eigenvalue weighted by molar-refractivity contribution is -0.0704. The Labute approximate surface area is 116 Å². The van der Waals surface area contributed by atoms with Crippen molar-refractivity contribution in [3.05, 3.63) is 35.4 Å². The predicted molar refractivity (Wildman–Crippen MR) is 77.6 cm³/mol. The first-order valence-electron chi connectivity index (χ1n) is 7.36. The molecule has 0 aliphatic heterocycles. The molecular weight excluding hydrogens is 236 g/mol. The van der Waals surface area contributed by atoms with Gasteiger partial charge in [0.25, 0.3) is 0 Å². The molecule has 0 unspecified atom stereocenters. The monoisotopic (exact) mass is 260 g/mol. The van der Waals surface area contributed by atoms with Crippen molar-refractivity contribution in [1.29, 1.82) is 0 Å². The third-order valence-electron chi connectivity index (χ3n) is 4.28. The molecule has 0 aromatic heterocycles. The van der Waals surface area contributed by atoms with Crippen LogP contribution in [-0.2, 0) is 11.2 Å². The van der Waals surface area contributed by atoms with Gasteiger partial charge in [0.05, 0.1) is 5.60 Å². The molecule has 19 heavy (non-hydrogen) atoms. The van der Waals surface area contributed by atoms with E-state index in [0.29, 0.717) is 6.42 Å². The number of methoxy groups -OCH3 is 1. The summed E-state index contributed by atoms with van der Waals surface area (Å²) in [4.78, 5) is 12.3. The quantitative estimate of drug-likeness (QED) is 0.688. The Morgan fingerprint density at radius 1 is 1.26 bits per heavy atom. The number of benzene rings is 1. The Morgan fingerprint density at radius 2 is 1.95 bits per heavy atom. The van der Waals surface area contributed by atoms with Crippen molar-refractivity contribution in [2.24, 2.45) is 0 Å². The van der Waals surface area contributed by atoms with Gasteiger partial charge in [0.2, 0.25) is 0 Å². The molecule has 0 N–H and O–H groups in total. The molecule has 1 aromatic rings. The lowest BCUT2D eigenvalue weighted by atomic mass is 9.76. The van der Waals surface area contributed by atoms with E-state index in [2.05, 4.69) is 19.1 Å². The maximum Gasteiger partial charge on any atom is 0.165 e. The molecule has 2 heteroatoms. The summed E-state index contributed by atoms with van der Waals surface area (Å²) < 4.78 is 5.52. The Kier molecular flexibility index (Phi) is 4.76. The number of hydrogen-bond donors (Lipinski definition) is 0. The smallest absolute Gasteiger partial charge is 0.165 e. The summed E-state index contributed by atoms with van der Waals surface area (Å²) in [6.45, 7) is 2.20. The lowest BCUT2D eigenvalue weighted by Gasteiger charge is -2.40. The Morgan fingerprint density at radius 3 is 2.42 bits per heavy atom. The average Bonchev–Trinajstić information content (AvgIpc) is 2.41. The summed E-state index contributed by atoms with van der Waals surface area (Å²) in [7, 11) is 1.72. The van der Waals surface area contributed by atoms with Crippen molar-refractivity contribution < 1.29 is 9.53 Å². The zero-order valence-corrected chi connectivity index (χ0v) is 12.1. The first-order chi connectivity index (χ1) is 9.19. The number of carbonyl (C=O) groups is 1. The van der Waals surface area contributed by atoms with E-state index in [-0.39, 0.29) is 11.4 Å². The number of rotatable bonds is 7. The number of hydrogen-bond acceptors (Lipinski definition) is 2. The van der Waals surface area contributed by atoms with Crippen LogP contribution in [0.25, 0.3) is 0 Å². The Hall–Kier alpha value is -1.15. The number of carbonyl (C=O) groups excluding carboxylic acids is 1. The van der Waals surface area contributed by atoms with Gasteiger partial charge < -0.3 is 4.74 Å². The van der Waals surface area contributed by atoms with Gasteiger partial charge in [-0.2, -0.15) is 0 Å². The van der Waals surface area contributed by atoms with Crippen molar-refractivity contribution >= 4 is 5.78 Å². The molecule has 0 saturated heterocycles. The molecule has 1 aromatic carbocycles. The molecule has 1 fully saturated rings. The number of aryl methyl sites for hydroxylation is 1. The van der Waals surface area contributed by atoms with E-state index in [9.17, 15) is 4.79 Å². The summed E-state index contributed by atoms with van der Waals surface area (Å²) in [6, 6.07) is 8.11. The summed E-state index contributed by atoms with van der Waals surface area (Å²) in [5, 5.41) is 0. The highest BCUT2D eigenvalue weighted by Gasteiger charge is 2.38. The minimum absolute atomic E-state index is 0.169. The average molecular weight is 260 g/mol. The van der Waals surface area contributed by atoms with Gasteiger partial charge in [-0.3, -0.25) is 4.79 Å². The Balaban J connectivity index is 1.95. The predicted octanol–water partition coefficient (Wildman–Crippen LogP) is 4.17. The van der Waals surface area contributed by atoms with Crippen LogP contribution in [0.2, 0.25) is 0 Å². The maximum absolute atomic E-state index is 12.3. The molecule has 0 radical (unpaired) electrons. The third kappa shape index (κ3) is 3.44. The van der Waals surface area contributed by atoms with Crippen LogP contribution < -0.4 is 0 Å². The lowest BCUT2D eigenvalue weighted by Crippen LogP contribution is -2.41. The highest BCUT2D eigenvalue weighted by Crippen LogP contribution is 2.38. The molecular formula is C17H24O2. The van der Waals surface area contributed by atoms with Gasteiger partial charge in [-0.15, -0.1) is 0 Å². The van der Waals surface area contributed by atoms with Crippen LogP contribution in [0.5, 0.6) is 0 Å². The van der Waals surface area contributed by atoms with E-state index < -0.39 is 0 Å². The fourth-order valence-corrected chi connectivity index (χ4v) is 2.66. The van der Waals surface area contributed by atoms with Gasteiger partial charge in [-0.05, 0) is 37.7 Å².